The maximum atomic E-state index is 10.2. The Labute approximate surface area is 191 Å². The highest BCUT2D eigenvalue weighted by Gasteiger charge is 2.44. The maximum Gasteiger partial charge on any atom is 0.147 e. The highest BCUT2D eigenvalue weighted by Crippen LogP contribution is 2.23. The molecule has 7 N–H and O–H groups in total. The normalized spacial score (nSPS) is 38.5. The average molecular weight is 464 g/mol. The smallest absolute Gasteiger partial charge is 0.147 e. The first-order valence-electron chi connectivity index (χ1n) is 10.4. The molecule has 0 aromatic heterocycles. The van der Waals surface area contributed by atoms with E-state index in [4.69, 9.17) is 14.2 Å². The summed E-state index contributed by atoms with van der Waals surface area (Å²) in [5.74, 6) is 11.1. The zero-order valence-corrected chi connectivity index (χ0v) is 17.9. The van der Waals surface area contributed by atoms with Gasteiger partial charge in [0.05, 0.1) is 13.2 Å². The third-order valence-electron chi connectivity index (χ3n) is 5.63. The Hall–Kier alpha value is -2.06. The van der Waals surface area contributed by atoms with E-state index in [-0.39, 0.29) is 0 Å². The molecule has 0 radical (unpaired) electrons. The molecule has 0 spiro atoms. The second-order valence-corrected chi connectivity index (χ2v) is 7.82. The number of rotatable bonds is 3. The summed E-state index contributed by atoms with van der Waals surface area (Å²) in [4.78, 5) is 0. The fraction of sp³-hybridized carbons (Fsp3) is 0.565. The van der Waals surface area contributed by atoms with Crippen molar-refractivity contribution in [1.82, 2.24) is 0 Å². The van der Waals surface area contributed by atoms with E-state index in [1.807, 2.05) is 0 Å². The molecule has 2 aliphatic rings. The van der Waals surface area contributed by atoms with Gasteiger partial charge in [-0.3, -0.25) is 0 Å². The molecule has 0 amide bonds. The summed E-state index contributed by atoms with van der Waals surface area (Å²) in [6.45, 7) is -0.930. The van der Waals surface area contributed by atoms with Crippen LogP contribution >= 0.6 is 0 Å². The van der Waals surface area contributed by atoms with E-state index < -0.39 is 74.3 Å². The monoisotopic (exact) mass is 464 g/mol. The molecular formula is C23H28O10. The number of hydrogen-bond donors (Lipinski definition) is 7. The third-order valence-corrected chi connectivity index (χ3v) is 5.63. The zero-order chi connectivity index (χ0) is 24.1. The molecule has 2 aliphatic heterocycles. The summed E-state index contributed by atoms with van der Waals surface area (Å²) in [5, 5.41) is 68.7. The SMILES string of the molecule is CO[C@H]1[C@H](O)[C@@H](O)[C@@H](C#Cc2ccc(C#C[C@H]3O[C@H](CO)[C@@H](O)[C@H](O)[C@@H]3O)cc2)O[C@@H]1CO. The molecule has 2 saturated heterocycles. The van der Waals surface area contributed by atoms with Crippen molar-refractivity contribution in [2.75, 3.05) is 20.3 Å². The number of aliphatic hydroxyl groups is 7. The van der Waals surface area contributed by atoms with Crippen molar-refractivity contribution in [3.8, 4) is 23.7 Å². The highest BCUT2D eigenvalue weighted by molar-refractivity contribution is 5.43. The van der Waals surface area contributed by atoms with Crippen LogP contribution in [-0.2, 0) is 14.2 Å². The number of methoxy groups -OCH3 is 1. The molecule has 0 unspecified atom stereocenters. The predicted octanol–water partition coefficient (Wildman–Crippen LogP) is -3.27. The van der Waals surface area contributed by atoms with Crippen LogP contribution < -0.4 is 0 Å². The summed E-state index contributed by atoms with van der Waals surface area (Å²) in [6.07, 6.45) is -11.8. The number of aliphatic hydroxyl groups excluding tert-OH is 7. The van der Waals surface area contributed by atoms with Gasteiger partial charge in [0.15, 0.2) is 0 Å². The van der Waals surface area contributed by atoms with Gasteiger partial charge in [0.1, 0.15) is 61.0 Å². The van der Waals surface area contributed by atoms with Gasteiger partial charge >= 0.3 is 0 Å². The molecule has 2 fully saturated rings. The first-order valence-corrected chi connectivity index (χ1v) is 10.4. The average Bonchev–Trinajstić information content (AvgIpc) is 2.83. The highest BCUT2D eigenvalue weighted by atomic mass is 16.6. The van der Waals surface area contributed by atoms with Gasteiger partial charge in [-0.1, -0.05) is 23.7 Å². The summed E-state index contributed by atoms with van der Waals surface area (Å²) in [7, 11) is 1.35. The van der Waals surface area contributed by atoms with Crippen LogP contribution in [0.2, 0.25) is 0 Å². The fourth-order valence-corrected chi connectivity index (χ4v) is 3.66. The minimum atomic E-state index is -1.49. The minimum absolute atomic E-state index is 0.401. The van der Waals surface area contributed by atoms with Crippen LogP contribution in [0.15, 0.2) is 24.3 Å². The van der Waals surface area contributed by atoms with Gasteiger partial charge in [0, 0.05) is 18.2 Å². The second kappa shape index (κ2) is 11.4. The second-order valence-electron chi connectivity index (χ2n) is 7.82. The van der Waals surface area contributed by atoms with Crippen LogP contribution in [0.25, 0.3) is 0 Å². The van der Waals surface area contributed by atoms with E-state index in [0.717, 1.165) is 0 Å². The van der Waals surface area contributed by atoms with Gasteiger partial charge < -0.3 is 50.0 Å². The maximum absolute atomic E-state index is 10.2. The third kappa shape index (κ3) is 5.72. The first-order chi connectivity index (χ1) is 15.8. The molecule has 10 atom stereocenters. The van der Waals surface area contributed by atoms with Crippen LogP contribution in [0.5, 0.6) is 0 Å². The van der Waals surface area contributed by atoms with Gasteiger partial charge in [-0.2, -0.15) is 0 Å². The van der Waals surface area contributed by atoms with E-state index in [9.17, 15) is 35.7 Å². The van der Waals surface area contributed by atoms with Crippen LogP contribution in [0.3, 0.4) is 0 Å². The molecule has 0 saturated carbocycles. The van der Waals surface area contributed by atoms with Crippen molar-refractivity contribution in [3.05, 3.63) is 35.4 Å². The summed E-state index contributed by atoms with van der Waals surface area (Å²) >= 11 is 0. The summed E-state index contributed by atoms with van der Waals surface area (Å²) in [6, 6.07) is 6.64. The Kier molecular flexibility index (Phi) is 8.82. The predicted molar refractivity (Wildman–Crippen MR) is 113 cm³/mol. The molecule has 1 aromatic carbocycles. The number of benzene rings is 1. The van der Waals surface area contributed by atoms with E-state index >= 15 is 0 Å². The van der Waals surface area contributed by atoms with Gasteiger partial charge in [-0.05, 0) is 24.3 Å². The Balaban J connectivity index is 1.67. The topological polar surface area (TPSA) is 169 Å². The van der Waals surface area contributed by atoms with Crippen molar-refractivity contribution in [1.29, 1.82) is 0 Å². The summed E-state index contributed by atoms with van der Waals surface area (Å²) < 4.78 is 16.0. The Morgan fingerprint density at radius 3 is 1.61 bits per heavy atom. The van der Waals surface area contributed by atoms with Crippen LogP contribution in [0, 0.1) is 23.7 Å². The van der Waals surface area contributed by atoms with Gasteiger partial charge in [0.25, 0.3) is 0 Å². The van der Waals surface area contributed by atoms with Crippen LogP contribution in [0.4, 0.5) is 0 Å². The first kappa shape index (κ1) is 25.6. The van der Waals surface area contributed by atoms with E-state index in [1.165, 1.54) is 7.11 Å². The molecule has 2 heterocycles. The van der Waals surface area contributed by atoms with Crippen molar-refractivity contribution < 1.29 is 50.0 Å². The zero-order valence-electron chi connectivity index (χ0n) is 17.9. The molecule has 10 nitrogen and oxygen atoms in total. The Morgan fingerprint density at radius 2 is 1.15 bits per heavy atom. The number of ether oxygens (including phenoxy) is 3. The Morgan fingerprint density at radius 1 is 0.697 bits per heavy atom. The van der Waals surface area contributed by atoms with Gasteiger partial charge in [-0.25, -0.2) is 0 Å². The van der Waals surface area contributed by atoms with E-state index in [2.05, 4.69) is 23.7 Å². The Bertz CT molecular complexity index is 894. The molecule has 33 heavy (non-hydrogen) atoms. The molecule has 0 aliphatic carbocycles. The molecular weight excluding hydrogens is 436 g/mol. The lowest BCUT2D eigenvalue weighted by atomic mass is 9.95. The minimum Gasteiger partial charge on any atom is -0.394 e. The van der Waals surface area contributed by atoms with E-state index in [0.29, 0.717) is 11.1 Å². The standard InChI is InChI=1S/C23H28O10/c1-31-23-17(11-25)33-15(19(27)22(23)30)9-7-13-4-2-12(3-5-13)6-8-14-18(26)21(29)20(28)16(10-24)32-14/h2-5,14-30H,10-11H2,1H3/t14-,15-,16-,17-,18-,19+,20-,21-,22-,23-/m1/s1. The largest absolute Gasteiger partial charge is 0.394 e. The van der Waals surface area contributed by atoms with Crippen molar-refractivity contribution in [2.45, 2.75) is 61.0 Å². The molecule has 0 bridgehead atoms. The van der Waals surface area contributed by atoms with Crippen molar-refractivity contribution in [2.24, 2.45) is 0 Å². The van der Waals surface area contributed by atoms with Crippen molar-refractivity contribution in [3.63, 3.8) is 0 Å². The summed E-state index contributed by atoms with van der Waals surface area (Å²) in [5.41, 5.74) is 1.14. The quantitative estimate of drug-likeness (QED) is 0.225. The van der Waals surface area contributed by atoms with Crippen LogP contribution in [-0.4, -0.2) is 117 Å². The molecule has 1 aromatic rings. The molecule has 10 heteroatoms. The van der Waals surface area contributed by atoms with Crippen molar-refractivity contribution >= 4 is 0 Å². The lowest BCUT2D eigenvalue weighted by Crippen LogP contribution is -2.58. The van der Waals surface area contributed by atoms with E-state index in [1.54, 1.807) is 24.3 Å². The lowest BCUT2D eigenvalue weighted by molar-refractivity contribution is -0.221. The number of hydrogen-bond acceptors (Lipinski definition) is 10. The lowest BCUT2D eigenvalue weighted by Gasteiger charge is -2.39. The van der Waals surface area contributed by atoms with Gasteiger partial charge in [-0.15, -0.1) is 0 Å². The fourth-order valence-electron chi connectivity index (χ4n) is 3.66. The van der Waals surface area contributed by atoms with Gasteiger partial charge in [0.2, 0.25) is 0 Å². The molecule has 180 valence electrons. The van der Waals surface area contributed by atoms with Crippen LogP contribution in [0.1, 0.15) is 11.1 Å². The molecule has 3 rings (SSSR count).